The van der Waals surface area contributed by atoms with E-state index in [-0.39, 0.29) is 16.9 Å². The summed E-state index contributed by atoms with van der Waals surface area (Å²) in [6.45, 7) is 2.45. The Hall–Kier alpha value is -3.15. The minimum absolute atomic E-state index is 0.0115. The Labute approximate surface area is 169 Å². The molecule has 1 aliphatic rings. The van der Waals surface area contributed by atoms with Crippen LogP contribution in [0.25, 0.3) is 5.76 Å². The molecule has 1 unspecified atom stereocenters. The van der Waals surface area contributed by atoms with Gasteiger partial charge in [0.2, 0.25) is 0 Å². The molecule has 6 heteroatoms. The zero-order valence-corrected chi connectivity index (χ0v) is 16.5. The third-order valence-electron chi connectivity index (χ3n) is 5.09. The number of ether oxygens (including phenoxy) is 1. The fourth-order valence-corrected chi connectivity index (χ4v) is 3.62. The van der Waals surface area contributed by atoms with Gasteiger partial charge >= 0.3 is 0 Å². The molecule has 5 nitrogen and oxygen atoms in total. The lowest BCUT2D eigenvalue weighted by Crippen LogP contribution is -2.30. The summed E-state index contributed by atoms with van der Waals surface area (Å²) in [5, 5.41) is 10.9. The summed E-state index contributed by atoms with van der Waals surface area (Å²) in [4.78, 5) is 27.2. The molecule has 1 atom stereocenters. The van der Waals surface area contributed by atoms with Crippen LogP contribution in [-0.4, -0.2) is 35.4 Å². The highest BCUT2D eigenvalue weighted by Crippen LogP contribution is 2.42. The number of hydrogen-bond donors (Lipinski definition) is 1. The summed E-state index contributed by atoms with van der Waals surface area (Å²) in [6.07, 6.45) is 2.63. The van der Waals surface area contributed by atoms with Gasteiger partial charge < -0.3 is 14.7 Å². The van der Waals surface area contributed by atoms with E-state index in [4.69, 9.17) is 4.74 Å². The van der Waals surface area contributed by atoms with Crippen LogP contribution in [0.3, 0.4) is 0 Å². The molecule has 2 aromatic rings. The molecule has 3 rings (SSSR count). The minimum Gasteiger partial charge on any atom is -0.507 e. The van der Waals surface area contributed by atoms with Crippen molar-refractivity contribution >= 4 is 17.4 Å². The van der Waals surface area contributed by atoms with Gasteiger partial charge in [0.25, 0.3) is 11.7 Å². The number of carbonyl (C=O) groups excluding carboxylic acids is 2. The van der Waals surface area contributed by atoms with Gasteiger partial charge in [-0.05, 0) is 36.8 Å². The summed E-state index contributed by atoms with van der Waals surface area (Å²) in [5.74, 6) is -1.66. The lowest BCUT2D eigenvalue weighted by molar-refractivity contribution is -0.139. The number of hydrogen-bond acceptors (Lipinski definition) is 4. The first-order chi connectivity index (χ1) is 14.0. The van der Waals surface area contributed by atoms with Crippen molar-refractivity contribution in [3.63, 3.8) is 0 Å². The van der Waals surface area contributed by atoms with E-state index >= 15 is 0 Å². The smallest absolute Gasteiger partial charge is 0.295 e. The Morgan fingerprint density at radius 2 is 1.79 bits per heavy atom. The lowest BCUT2D eigenvalue weighted by Gasteiger charge is -2.26. The van der Waals surface area contributed by atoms with Crippen LogP contribution < -0.4 is 4.74 Å². The number of Topliss-reactive ketones (excluding diaryl/α,β-unsaturated/α-hetero) is 1. The van der Waals surface area contributed by atoms with Gasteiger partial charge in [-0.3, -0.25) is 9.59 Å². The van der Waals surface area contributed by atoms with Gasteiger partial charge in [-0.1, -0.05) is 38.0 Å². The fraction of sp³-hybridized carbons (Fsp3) is 0.304. The predicted molar refractivity (Wildman–Crippen MR) is 108 cm³/mol. The highest BCUT2D eigenvalue weighted by molar-refractivity contribution is 6.46. The molecule has 1 aliphatic heterocycles. The molecule has 0 saturated carbocycles. The van der Waals surface area contributed by atoms with E-state index < -0.39 is 23.5 Å². The maximum absolute atomic E-state index is 13.3. The summed E-state index contributed by atoms with van der Waals surface area (Å²) in [6, 6.07) is 11.5. The van der Waals surface area contributed by atoms with Crippen LogP contribution in [0, 0.1) is 5.82 Å². The first-order valence-electron chi connectivity index (χ1n) is 9.66. The summed E-state index contributed by atoms with van der Waals surface area (Å²) in [7, 11) is 1.52. The standard InChI is InChI=1S/C23H24FNO4/c1-3-4-7-14-25-20(17-8-5-6-9-18(17)29-2)19(22(27)23(25)28)21(26)15-10-12-16(24)13-11-15/h5-6,8-13,20,26H,3-4,7,14H2,1-2H3/b21-19-. The van der Waals surface area contributed by atoms with Crippen molar-refractivity contribution in [1.29, 1.82) is 0 Å². The number of amides is 1. The summed E-state index contributed by atoms with van der Waals surface area (Å²) < 4.78 is 18.7. The number of unbranched alkanes of at least 4 members (excludes halogenated alkanes) is 2. The number of carbonyl (C=O) groups is 2. The average molecular weight is 397 g/mol. The van der Waals surface area contributed by atoms with Gasteiger partial charge in [0.1, 0.15) is 17.3 Å². The molecule has 2 aromatic carbocycles. The molecule has 1 N–H and O–H groups in total. The monoisotopic (exact) mass is 397 g/mol. The van der Waals surface area contributed by atoms with Crippen molar-refractivity contribution < 1.29 is 23.8 Å². The number of ketones is 1. The van der Waals surface area contributed by atoms with Crippen LogP contribution in [0.15, 0.2) is 54.1 Å². The number of methoxy groups -OCH3 is 1. The number of likely N-dealkylation sites (tertiary alicyclic amines) is 1. The quantitative estimate of drug-likeness (QED) is 0.325. The molecular formula is C23H24FNO4. The van der Waals surface area contributed by atoms with Gasteiger partial charge in [0.05, 0.1) is 18.7 Å². The summed E-state index contributed by atoms with van der Waals surface area (Å²) in [5.41, 5.74) is 0.884. The Kier molecular flexibility index (Phi) is 6.32. The van der Waals surface area contributed by atoms with Crippen LogP contribution in [0.4, 0.5) is 4.39 Å². The van der Waals surface area contributed by atoms with Crippen molar-refractivity contribution in [1.82, 2.24) is 4.90 Å². The van der Waals surface area contributed by atoms with Gasteiger partial charge in [-0.25, -0.2) is 4.39 Å². The van der Waals surface area contributed by atoms with Crippen molar-refractivity contribution in [3.8, 4) is 5.75 Å². The third kappa shape index (κ3) is 4.01. The number of para-hydroxylation sites is 1. The van der Waals surface area contributed by atoms with E-state index in [9.17, 15) is 19.1 Å². The average Bonchev–Trinajstić information content (AvgIpc) is 2.98. The van der Waals surface area contributed by atoms with Crippen LogP contribution in [0.2, 0.25) is 0 Å². The molecule has 0 aliphatic carbocycles. The molecule has 0 aromatic heterocycles. The number of benzene rings is 2. The Morgan fingerprint density at radius 3 is 2.45 bits per heavy atom. The molecule has 152 valence electrons. The Balaban J connectivity index is 2.16. The van der Waals surface area contributed by atoms with E-state index in [1.54, 1.807) is 24.3 Å². The second kappa shape index (κ2) is 8.90. The third-order valence-corrected chi connectivity index (χ3v) is 5.09. The topological polar surface area (TPSA) is 66.8 Å². The van der Waals surface area contributed by atoms with E-state index in [0.717, 1.165) is 19.3 Å². The maximum atomic E-state index is 13.3. The summed E-state index contributed by atoms with van der Waals surface area (Å²) >= 11 is 0. The van der Waals surface area contributed by atoms with Crippen LogP contribution in [0.1, 0.15) is 43.4 Å². The molecule has 1 saturated heterocycles. The molecule has 1 fully saturated rings. The van der Waals surface area contributed by atoms with E-state index in [0.29, 0.717) is 17.9 Å². The van der Waals surface area contributed by atoms with Crippen LogP contribution in [-0.2, 0) is 9.59 Å². The highest BCUT2D eigenvalue weighted by atomic mass is 19.1. The largest absolute Gasteiger partial charge is 0.507 e. The predicted octanol–water partition coefficient (Wildman–Crippen LogP) is 4.45. The van der Waals surface area contributed by atoms with Gasteiger partial charge in [-0.2, -0.15) is 0 Å². The highest BCUT2D eigenvalue weighted by Gasteiger charge is 2.46. The van der Waals surface area contributed by atoms with Crippen LogP contribution in [0.5, 0.6) is 5.75 Å². The second-order valence-corrected chi connectivity index (χ2v) is 6.95. The maximum Gasteiger partial charge on any atom is 0.295 e. The van der Waals surface area contributed by atoms with Crippen molar-refractivity contribution in [3.05, 3.63) is 71.0 Å². The lowest BCUT2D eigenvalue weighted by atomic mass is 9.94. The molecule has 1 amide bonds. The van der Waals surface area contributed by atoms with E-state index in [1.807, 2.05) is 0 Å². The van der Waals surface area contributed by atoms with Crippen LogP contribution >= 0.6 is 0 Å². The Bertz CT molecular complexity index is 936. The number of nitrogens with zero attached hydrogens (tertiary/aromatic N) is 1. The first kappa shape index (κ1) is 20.6. The fourth-order valence-electron chi connectivity index (χ4n) is 3.62. The molecule has 0 bridgehead atoms. The number of rotatable bonds is 7. The zero-order valence-electron chi connectivity index (χ0n) is 16.5. The van der Waals surface area contributed by atoms with Gasteiger partial charge in [-0.15, -0.1) is 0 Å². The number of aliphatic hydroxyl groups excluding tert-OH is 1. The Morgan fingerprint density at radius 1 is 1.10 bits per heavy atom. The molecular weight excluding hydrogens is 373 g/mol. The molecule has 29 heavy (non-hydrogen) atoms. The number of aliphatic hydroxyl groups is 1. The second-order valence-electron chi connectivity index (χ2n) is 6.95. The minimum atomic E-state index is -0.770. The zero-order chi connectivity index (χ0) is 21.0. The van der Waals surface area contributed by atoms with E-state index in [1.165, 1.54) is 36.3 Å². The molecule has 1 heterocycles. The van der Waals surface area contributed by atoms with Crippen molar-refractivity contribution in [2.75, 3.05) is 13.7 Å². The van der Waals surface area contributed by atoms with E-state index in [2.05, 4.69) is 6.92 Å². The van der Waals surface area contributed by atoms with Crippen molar-refractivity contribution in [2.24, 2.45) is 0 Å². The van der Waals surface area contributed by atoms with Crippen molar-refractivity contribution in [2.45, 2.75) is 32.2 Å². The van der Waals surface area contributed by atoms with Gasteiger partial charge in [0.15, 0.2) is 0 Å². The first-order valence-corrected chi connectivity index (χ1v) is 9.66. The van der Waals surface area contributed by atoms with Gasteiger partial charge in [0, 0.05) is 17.7 Å². The normalized spacial score (nSPS) is 18.3. The molecule has 0 spiro atoms. The molecule has 0 radical (unpaired) electrons. The number of halogens is 1. The SMILES string of the molecule is CCCCCN1C(=O)C(=O)/C(=C(\O)c2ccc(F)cc2)C1c1ccccc1OC.